The summed E-state index contributed by atoms with van der Waals surface area (Å²) in [6.07, 6.45) is 0.408. The van der Waals surface area contributed by atoms with Gasteiger partial charge in [0.2, 0.25) is 0 Å². The summed E-state index contributed by atoms with van der Waals surface area (Å²) >= 11 is 0. The van der Waals surface area contributed by atoms with Crippen LogP contribution in [0.1, 0.15) is 26.7 Å². The third kappa shape index (κ3) is 5.53. The van der Waals surface area contributed by atoms with Crippen LogP contribution in [0.2, 0.25) is 0 Å². The molecule has 0 aromatic carbocycles. The predicted octanol–water partition coefficient (Wildman–Crippen LogP) is 0.220. The van der Waals surface area contributed by atoms with Crippen LogP contribution in [0, 0.1) is 0 Å². The van der Waals surface area contributed by atoms with E-state index in [4.69, 9.17) is 5.73 Å². The molecule has 82 valence electrons. The summed E-state index contributed by atoms with van der Waals surface area (Å²) in [7, 11) is 0. The van der Waals surface area contributed by atoms with Crippen LogP contribution < -0.4 is 5.73 Å². The van der Waals surface area contributed by atoms with Gasteiger partial charge in [-0.2, -0.15) is 0 Å². The molecule has 0 spiro atoms. The summed E-state index contributed by atoms with van der Waals surface area (Å²) in [6.45, 7) is 4.07. The van der Waals surface area contributed by atoms with Crippen LogP contribution in [0.4, 0.5) is 0 Å². The Morgan fingerprint density at radius 3 is 2.29 bits per heavy atom. The molecule has 0 bridgehead atoms. The molecule has 0 heterocycles. The lowest BCUT2D eigenvalue weighted by atomic mass is 10.2. The molecule has 0 saturated carbocycles. The molecule has 5 nitrogen and oxygen atoms in total. The van der Waals surface area contributed by atoms with Gasteiger partial charge in [-0.25, -0.2) is 0 Å². The van der Waals surface area contributed by atoms with Crippen molar-refractivity contribution >= 4 is 11.9 Å². The maximum atomic E-state index is 11.0. The Bertz CT molecular complexity index is 193. The second-order valence-corrected chi connectivity index (χ2v) is 2.70. The third-order valence-electron chi connectivity index (χ3n) is 1.55. The van der Waals surface area contributed by atoms with Crippen LogP contribution in [0.15, 0.2) is 0 Å². The number of hydrogen-bond donors (Lipinski definition) is 1. The quantitative estimate of drug-likeness (QED) is 0.625. The molecule has 1 atom stereocenters. The molecule has 0 aromatic heterocycles. The molecular weight excluding hydrogens is 186 g/mol. The van der Waals surface area contributed by atoms with E-state index in [0.29, 0.717) is 13.2 Å². The average molecular weight is 203 g/mol. The van der Waals surface area contributed by atoms with Crippen molar-refractivity contribution in [2.24, 2.45) is 5.73 Å². The minimum Gasteiger partial charge on any atom is -0.466 e. The highest BCUT2D eigenvalue weighted by molar-refractivity contribution is 5.77. The third-order valence-corrected chi connectivity index (χ3v) is 1.55. The largest absolute Gasteiger partial charge is 0.466 e. The normalized spacial score (nSPS) is 11.9. The van der Waals surface area contributed by atoms with Gasteiger partial charge in [0, 0.05) is 6.42 Å². The van der Waals surface area contributed by atoms with E-state index in [0.717, 1.165) is 0 Å². The van der Waals surface area contributed by atoms with Crippen LogP contribution in [0.25, 0.3) is 0 Å². The van der Waals surface area contributed by atoms with Crippen LogP contribution in [0.3, 0.4) is 0 Å². The lowest BCUT2D eigenvalue weighted by Gasteiger charge is -2.09. The Hall–Kier alpha value is -1.10. The molecule has 14 heavy (non-hydrogen) atoms. The van der Waals surface area contributed by atoms with Gasteiger partial charge >= 0.3 is 11.9 Å². The zero-order valence-corrected chi connectivity index (χ0v) is 8.62. The highest BCUT2D eigenvalue weighted by atomic mass is 16.5. The Labute approximate surface area is 83.5 Å². The fourth-order valence-corrected chi connectivity index (χ4v) is 0.874. The molecule has 0 aliphatic rings. The minimum atomic E-state index is -0.737. The SMILES string of the molecule is CCOC(=O)CC[C@@H](N)C(=O)OCC. The van der Waals surface area contributed by atoms with Crippen molar-refractivity contribution in [3.63, 3.8) is 0 Å². The van der Waals surface area contributed by atoms with Crippen LogP contribution in [-0.2, 0) is 19.1 Å². The van der Waals surface area contributed by atoms with Crippen LogP contribution >= 0.6 is 0 Å². The lowest BCUT2D eigenvalue weighted by Crippen LogP contribution is -2.32. The van der Waals surface area contributed by atoms with Gasteiger partial charge < -0.3 is 15.2 Å². The van der Waals surface area contributed by atoms with Gasteiger partial charge in [-0.15, -0.1) is 0 Å². The van der Waals surface area contributed by atoms with Crippen molar-refractivity contribution in [2.75, 3.05) is 13.2 Å². The number of rotatable bonds is 6. The van der Waals surface area contributed by atoms with E-state index in [9.17, 15) is 9.59 Å². The molecule has 0 aromatic rings. The minimum absolute atomic E-state index is 0.147. The highest BCUT2D eigenvalue weighted by Crippen LogP contribution is 1.99. The van der Waals surface area contributed by atoms with Gasteiger partial charge in [-0.1, -0.05) is 0 Å². The molecular formula is C9H17NO4. The lowest BCUT2D eigenvalue weighted by molar-refractivity contribution is -0.146. The van der Waals surface area contributed by atoms with Gasteiger partial charge in [-0.3, -0.25) is 9.59 Å². The zero-order chi connectivity index (χ0) is 11.0. The van der Waals surface area contributed by atoms with E-state index in [-0.39, 0.29) is 18.8 Å². The van der Waals surface area contributed by atoms with Crippen molar-refractivity contribution in [1.82, 2.24) is 0 Å². The van der Waals surface area contributed by atoms with E-state index >= 15 is 0 Å². The van der Waals surface area contributed by atoms with Gasteiger partial charge in [-0.05, 0) is 20.3 Å². The van der Waals surface area contributed by atoms with Crippen molar-refractivity contribution in [2.45, 2.75) is 32.7 Å². The van der Waals surface area contributed by atoms with E-state index in [1.807, 2.05) is 0 Å². The van der Waals surface area contributed by atoms with Crippen LogP contribution in [0.5, 0.6) is 0 Å². The van der Waals surface area contributed by atoms with Gasteiger partial charge in [0.05, 0.1) is 13.2 Å². The molecule has 0 rings (SSSR count). The number of carbonyl (C=O) groups excluding carboxylic acids is 2. The summed E-state index contributed by atoms with van der Waals surface area (Å²) in [5.41, 5.74) is 5.47. The van der Waals surface area contributed by atoms with Gasteiger partial charge in [0.25, 0.3) is 0 Å². The number of hydrogen-bond acceptors (Lipinski definition) is 5. The molecule has 0 amide bonds. The first-order valence-corrected chi connectivity index (χ1v) is 4.69. The first kappa shape index (κ1) is 12.9. The van der Waals surface area contributed by atoms with Gasteiger partial charge in [0.15, 0.2) is 0 Å². The first-order valence-electron chi connectivity index (χ1n) is 4.69. The predicted molar refractivity (Wildman–Crippen MR) is 50.5 cm³/mol. The molecule has 0 aliphatic heterocycles. The average Bonchev–Trinajstić information content (AvgIpc) is 2.15. The van der Waals surface area contributed by atoms with Crippen LogP contribution in [-0.4, -0.2) is 31.2 Å². The first-order chi connectivity index (χ1) is 6.61. The summed E-state index contributed by atoms with van der Waals surface area (Å²) in [5, 5.41) is 0. The van der Waals surface area contributed by atoms with E-state index in [2.05, 4.69) is 9.47 Å². The Balaban J connectivity index is 3.67. The zero-order valence-electron chi connectivity index (χ0n) is 8.62. The van der Waals surface area contributed by atoms with Gasteiger partial charge in [0.1, 0.15) is 6.04 Å². The summed E-state index contributed by atoms with van der Waals surface area (Å²) in [5.74, 6) is -0.816. The summed E-state index contributed by atoms with van der Waals surface area (Å²) in [4.78, 5) is 21.9. The second kappa shape index (κ2) is 7.32. The smallest absolute Gasteiger partial charge is 0.322 e. The topological polar surface area (TPSA) is 78.6 Å². The maximum absolute atomic E-state index is 11.0. The molecule has 0 radical (unpaired) electrons. The summed E-state index contributed by atoms with van der Waals surface area (Å²) < 4.78 is 9.37. The number of nitrogens with two attached hydrogens (primary N) is 1. The Morgan fingerprint density at radius 1 is 1.21 bits per heavy atom. The second-order valence-electron chi connectivity index (χ2n) is 2.70. The fourth-order valence-electron chi connectivity index (χ4n) is 0.874. The molecule has 0 fully saturated rings. The van der Waals surface area contributed by atoms with E-state index in [1.165, 1.54) is 0 Å². The summed E-state index contributed by atoms with van der Waals surface area (Å²) in [6, 6.07) is -0.737. The number of ether oxygens (including phenoxy) is 2. The van der Waals surface area contributed by atoms with E-state index in [1.54, 1.807) is 13.8 Å². The molecule has 5 heteroatoms. The van der Waals surface area contributed by atoms with Crippen molar-refractivity contribution < 1.29 is 19.1 Å². The van der Waals surface area contributed by atoms with E-state index < -0.39 is 12.0 Å². The Morgan fingerprint density at radius 2 is 1.79 bits per heavy atom. The maximum Gasteiger partial charge on any atom is 0.322 e. The highest BCUT2D eigenvalue weighted by Gasteiger charge is 2.16. The molecule has 2 N–H and O–H groups in total. The number of esters is 2. The van der Waals surface area contributed by atoms with Crippen molar-refractivity contribution in [1.29, 1.82) is 0 Å². The molecule has 0 unspecified atom stereocenters. The monoisotopic (exact) mass is 203 g/mol. The van der Waals surface area contributed by atoms with Crippen molar-refractivity contribution in [3.8, 4) is 0 Å². The molecule has 0 saturated heterocycles. The number of carbonyl (C=O) groups is 2. The standard InChI is InChI=1S/C9H17NO4/c1-3-13-8(11)6-5-7(10)9(12)14-4-2/h7H,3-6,10H2,1-2H3/t7-/m1/s1. The molecule has 0 aliphatic carbocycles. The fraction of sp³-hybridized carbons (Fsp3) is 0.778. The van der Waals surface area contributed by atoms with Crippen molar-refractivity contribution in [3.05, 3.63) is 0 Å². The Kier molecular flexibility index (Phi) is 6.74.